The summed E-state index contributed by atoms with van der Waals surface area (Å²) >= 11 is 0. The third-order valence-corrected chi connectivity index (χ3v) is 5.00. The molecule has 0 aromatic heterocycles. The maximum Gasteiger partial charge on any atom is 0.586 e. The fourth-order valence-electron chi connectivity index (χ4n) is 3.23. The lowest BCUT2D eigenvalue weighted by Gasteiger charge is -2.17. The number of fused-ring (bicyclic) bond motifs is 1. The second kappa shape index (κ2) is 5.66. The van der Waals surface area contributed by atoms with E-state index >= 15 is 0 Å². The molecule has 8 heteroatoms. The minimum Gasteiger partial charge on any atom is -0.395 e. The van der Waals surface area contributed by atoms with E-state index in [-0.39, 0.29) is 17.4 Å². The highest BCUT2D eigenvalue weighted by Gasteiger charge is 2.53. The summed E-state index contributed by atoms with van der Waals surface area (Å²) in [6, 6.07) is 4.51. The molecule has 1 saturated carbocycles. The van der Waals surface area contributed by atoms with Crippen LogP contribution in [0.4, 0.5) is 8.78 Å². The highest BCUT2D eigenvalue weighted by atomic mass is 19.3. The number of hydrogen-bond donors (Lipinski definition) is 1. The summed E-state index contributed by atoms with van der Waals surface area (Å²) in [4.78, 5) is 12.7. The van der Waals surface area contributed by atoms with Gasteiger partial charge in [-0.25, -0.2) is 0 Å². The molecule has 1 aliphatic carbocycles. The number of halogens is 2. The van der Waals surface area contributed by atoms with E-state index in [9.17, 15) is 13.6 Å². The number of rotatable bonds is 7. The Morgan fingerprint density at radius 2 is 1.96 bits per heavy atom. The van der Waals surface area contributed by atoms with Crippen molar-refractivity contribution < 1.29 is 23.0 Å². The van der Waals surface area contributed by atoms with Crippen molar-refractivity contribution in [3.8, 4) is 23.8 Å². The summed E-state index contributed by atoms with van der Waals surface area (Å²) in [5.74, 6) is 2.36. The number of ether oxygens (including phenoxy) is 2. The lowest BCUT2D eigenvalue weighted by atomic mass is 9.94. The molecule has 1 N–H and O–H groups in total. The first-order valence-electron chi connectivity index (χ1n) is 8.44. The Hall–Kier alpha value is -2.69. The molecule has 2 aliphatic heterocycles. The van der Waals surface area contributed by atoms with Gasteiger partial charge in [-0.1, -0.05) is 6.07 Å². The van der Waals surface area contributed by atoms with Gasteiger partial charge in [-0.2, -0.15) is 10.2 Å². The van der Waals surface area contributed by atoms with Crippen molar-refractivity contribution in [3.63, 3.8) is 0 Å². The molecule has 1 fully saturated rings. The van der Waals surface area contributed by atoms with Crippen molar-refractivity contribution in [2.75, 3.05) is 6.54 Å². The van der Waals surface area contributed by atoms with Gasteiger partial charge in [0.15, 0.2) is 17.2 Å². The van der Waals surface area contributed by atoms with Crippen molar-refractivity contribution in [1.82, 2.24) is 5.32 Å². The fourth-order valence-corrected chi connectivity index (χ4v) is 3.23. The highest BCUT2D eigenvalue weighted by molar-refractivity contribution is 5.91. The van der Waals surface area contributed by atoms with Crippen molar-refractivity contribution in [1.29, 1.82) is 0 Å². The number of carbonyl (C=O) groups excluding carboxylic acids is 1. The summed E-state index contributed by atoms with van der Waals surface area (Å²) in [5, 5.41) is 11.0. The summed E-state index contributed by atoms with van der Waals surface area (Å²) in [5.41, 5.74) is -0.487. The first-order valence-corrected chi connectivity index (χ1v) is 8.44. The first-order chi connectivity index (χ1) is 12.4. The van der Waals surface area contributed by atoms with Crippen LogP contribution in [0.1, 0.15) is 37.7 Å². The number of nitrogens with zero attached hydrogens (tertiary/aromatic N) is 2. The van der Waals surface area contributed by atoms with Crippen LogP contribution in [0.5, 0.6) is 11.5 Å². The number of amides is 1. The molecule has 1 amide bonds. The molecule has 3 aliphatic rings. The molecule has 2 heterocycles. The van der Waals surface area contributed by atoms with Gasteiger partial charge in [0.05, 0.1) is 5.41 Å². The Kier molecular flexibility index (Phi) is 3.65. The molecule has 0 bridgehead atoms. The van der Waals surface area contributed by atoms with Crippen LogP contribution in [-0.4, -0.2) is 24.4 Å². The van der Waals surface area contributed by atoms with Gasteiger partial charge < -0.3 is 14.8 Å². The molecule has 0 saturated heterocycles. The summed E-state index contributed by atoms with van der Waals surface area (Å²) in [7, 11) is 0. The lowest BCUT2D eigenvalue weighted by Crippen LogP contribution is -2.36. The number of hydrogen-bond acceptors (Lipinski definition) is 5. The number of nitrogens with one attached hydrogen (secondary N) is 1. The number of alkyl halides is 2. The van der Waals surface area contributed by atoms with Crippen molar-refractivity contribution in [2.24, 2.45) is 10.2 Å². The fraction of sp³-hybridized carbons (Fsp3) is 0.500. The maximum atomic E-state index is 13.2. The third-order valence-electron chi connectivity index (χ3n) is 5.00. The van der Waals surface area contributed by atoms with Crippen LogP contribution in [0, 0.1) is 12.3 Å². The second-order valence-corrected chi connectivity index (χ2v) is 6.80. The van der Waals surface area contributed by atoms with Crippen molar-refractivity contribution >= 4 is 5.91 Å². The predicted molar refractivity (Wildman–Crippen MR) is 86.8 cm³/mol. The van der Waals surface area contributed by atoms with Crippen LogP contribution < -0.4 is 14.8 Å². The summed E-state index contributed by atoms with van der Waals surface area (Å²) < 4.78 is 35.2. The van der Waals surface area contributed by atoms with E-state index in [2.05, 4.69) is 30.9 Å². The SMILES string of the molecule is C#CCCC1(CCNC(=O)C2(c3ccc4c(c3)OC(F)(F)O4)CC2)N=N1. The van der Waals surface area contributed by atoms with Gasteiger partial charge in [-0.3, -0.25) is 4.79 Å². The molecule has 0 spiro atoms. The van der Waals surface area contributed by atoms with E-state index in [0.29, 0.717) is 44.2 Å². The largest absolute Gasteiger partial charge is 0.586 e. The van der Waals surface area contributed by atoms with Crippen LogP contribution in [0.2, 0.25) is 0 Å². The minimum atomic E-state index is -3.66. The van der Waals surface area contributed by atoms with Crippen LogP contribution in [0.25, 0.3) is 0 Å². The molecule has 26 heavy (non-hydrogen) atoms. The molecule has 136 valence electrons. The Labute approximate surface area is 149 Å². The zero-order valence-electron chi connectivity index (χ0n) is 13.9. The quantitative estimate of drug-likeness (QED) is 0.759. The maximum absolute atomic E-state index is 13.2. The van der Waals surface area contributed by atoms with Crippen LogP contribution in [0.3, 0.4) is 0 Å². The van der Waals surface area contributed by atoms with Gasteiger partial charge in [-0.05, 0) is 30.5 Å². The van der Waals surface area contributed by atoms with Gasteiger partial charge in [0.2, 0.25) is 5.91 Å². The van der Waals surface area contributed by atoms with Crippen LogP contribution in [0.15, 0.2) is 28.4 Å². The standard InChI is InChI=1S/C18H17F2N3O3/c1-2-3-6-17(22-23-17)9-10-21-15(24)16(7-8-16)12-4-5-13-14(11-12)26-18(19,20)25-13/h1,4-5,11H,3,6-10H2,(H,21,24). The minimum absolute atomic E-state index is 0.0256. The molecule has 0 radical (unpaired) electrons. The van der Waals surface area contributed by atoms with E-state index in [1.165, 1.54) is 12.1 Å². The third kappa shape index (κ3) is 2.98. The molecule has 6 nitrogen and oxygen atoms in total. The molecule has 1 aromatic rings. The van der Waals surface area contributed by atoms with E-state index < -0.39 is 17.4 Å². The van der Waals surface area contributed by atoms with Gasteiger partial charge in [0.25, 0.3) is 0 Å². The predicted octanol–water partition coefficient (Wildman–Crippen LogP) is 3.12. The molecular weight excluding hydrogens is 344 g/mol. The average molecular weight is 361 g/mol. The molecule has 1 aromatic carbocycles. The van der Waals surface area contributed by atoms with Gasteiger partial charge >= 0.3 is 6.29 Å². The first kappa shape index (κ1) is 16.8. The van der Waals surface area contributed by atoms with E-state index in [4.69, 9.17) is 6.42 Å². The Morgan fingerprint density at radius 1 is 1.23 bits per heavy atom. The van der Waals surface area contributed by atoms with Crippen LogP contribution >= 0.6 is 0 Å². The second-order valence-electron chi connectivity index (χ2n) is 6.80. The van der Waals surface area contributed by atoms with Crippen molar-refractivity contribution in [2.45, 2.75) is 49.5 Å². The molecule has 4 rings (SSSR count). The van der Waals surface area contributed by atoms with E-state index in [0.717, 1.165) is 0 Å². The topological polar surface area (TPSA) is 72.3 Å². The summed E-state index contributed by atoms with van der Waals surface area (Å²) in [6.07, 6.45) is 4.78. The van der Waals surface area contributed by atoms with Crippen molar-refractivity contribution in [3.05, 3.63) is 23.8 Å². The number of benzene rings is 1. The summed E-state index contributed by atoms with van der Waals surface area (Å²) in [6.45, 7) is 0.431. The van der Waals surface area contributed by atoms with E-state index in [1.54, 1.807) is 6.07 Å². The smallest absolute Gasteiger partial charge is 0.395 e. The number of carbonyl (C=O) groups is 1. The molecule has 0 unspecified atom stereocenters. The highest BCUT2D eigenvalue weighted by Crippen LogP contribution is 2.51. The molecule has 0 atom stereocenters. The zero-order valence-corrected chi connectivity index (χ0v) is 13.9. The van der Waals surface area contributed by atoms with Gasteiger partial charge in [0, 0.05) is 25.8 Å². The Morgan fingerprint density at radius 3 is 2.62 bits per heavy atom. The van der Waals surface area contributed by atoms with E-state index in [1.807, 2.05) is 0 Å². The Bertz CT molecular complexity index is 821. The monoisotopic (exact) mass is 361 g/mol. The molecular formula is C18H17F2N3O3. The zero-order chi connectivity index (χ0) is 18.4. The Balaban J connectivity index is 1.37. The lowest BCUT2D eigenvalue weighted by molar-refractivity contribution is -0.286. The van der Waals surface area contributed by atoms with Gasteiger partial charge in [0.1, 0.15) is 0 Å². The van der Waals surface area contributed by atoms with Gasteiger partial charge in [-0.15, -0.1) is 21.1 Å². The average Bonchev–Trinajstić information content (AvgIpc) is 3.50. The normalized spacial score (nSPS) is 21.7. The van der Waals surface area contributed by atoms with Crippen LogP contribution in [-0.2, 0) is 10.2 Å². The number of terminal acetylenes is 1.